The smallest absolute Gasteiger partial charge is 0.113 e. The van der Waals surface area contributed by atoms with Gasteiger partial charge in [-0.3, -0.25) is 0 Å². The first-order valence-corrected chi connectivity index (χ1v) is 10.5. The minimum absolute atomic E-state index is 0.795. The van der Waals surface area contributed by atoms with Crippen LogP contribution < -0.4 is 0 Å². The van der Waals surface area contributed by atoms with Crippen LogP contribution in [0.25, 0.3) is 0 Å². The zero-order valence-electron chi connectivity index (χ0n) is 11.5. The Morgan fingerprint density at radius 3 is 1.67 bits per heavy atom. The molecule has 1 heterocycles. The van der Waals surface area contributed by atoms with Gasteiger partial charge in [-0.15, -0.1) is 46.2 Å². The molecule has 1 rings (SSSR count). The Kier molecular flexibility index (Phi) is 8.52. The molecule has 0 aliphatic carbocycles. The normalized spacial score (nSPS) is 14.7. The zero-order chi connectivity index (χ0) is 13.5. The van der Waals surface area contributed by atoms with E-state index in [1.165, 1.54) is 32.8 Å². The van der Waals surface area contributed by atoms with Gasteiger partial charge in [0.25, 0.3) is 0 Å². The molecule has 0 nitrogen and oxygen atoms in total. The van der Waals surface area contributed by atoms with E-state index in [1.54, 1.807) is 22.7 Å². The summed E-state index contributed by atoms with van der Waals surface area (Å²) in [6.45, 7) is 9.17. The van der Waals surface area contributed by atoms with Gasteiger partial charge >= 0.3 is 0 Å². The van der Waals surface area contributed by atoms with Crippen molar-refractivity contribution in [3.8, 4) is 0 Å². The maximum absolute atomic E-state index is 5.35. The number of hydrogen-bond acceptors (Lipinski definition) is 5. The second-order valence-corrected chi connectivity index (χ2v) is 10.5. The van der Waals surface area contributed by atoms with E-state index < -0.39 is 0 Å². The van der Waals surface area contributed by atoms with Crippen molar-refractivity contribution in [2.45, 2.75) is 49.0 Å². The summed E-state index contributed by atoms with van der Waals surface area (Å²) in [4.78, 5) is 0. The van der Waals surface area contributed by atoms with Gasteiger partial charge in [0.15, 0.2) is 0 Å². The summed E-state index contributed by atoms with van der Waals surface area (Å²) in [5, 5.41) is 0. The van der Waals surface area contributed by atoms with E-state index in [-0.39, 0.29) is 0 Å². The van der Waals surface area contributed by atoms with Gasteiger partial charge in [-0.05, 0) is 11.8 Å². The van der Waals surface area contributed by atoms with E-state index in [2.05, 4.69) is 27.7 Å². The molecule has 0 N–H and O–H groups in total. The Labute approximate surface area is 133 Å². The highest BCUT2D eigenvalue weighted by atomic mass is 32.2. The Morgan fingerprint density at radius 2 is 1.33 bits per heavy atom. The fourth-order valence-electron chi connectivity index (χ4n) is 1.10. The van der Waals surface area contributed by atoms with Crippen LogP contribution in [0.1, 0.15) is 40.5 Å². The largest absolute Gasteiger partial charge is 0.145 e. The lowest BCUT2D eigenvalue weighted by Gasteiger charge is -2.09. The highest BCUT2D eigenvalue weighted by Crippen LogP contribution is 2.42. The summed E-state index contributed by atoms with van der Waals surface area (Å²) in [5.41, 5.74) is 0. The lowest BCUT2D eigenvalue weighted by Crippen LogP contribution is -1.96. The van der Waals surface area contributed by atoms with Crippen LogP contribution >= 0.6 is 58.4 Å². The molecular formula is C13H22S5. The van der Waals surface area contributed by atoms with Gasteiger partial charge in [0.05, 0.1) is 8.42 Å². The van der Waals surface area contributed by atoms with Crippen LogP contribution in [0.3, 0.4) is 0 Å². The molecule has 0 saturated carbocycles. The minimum atomic E-state index is 0.795. The topological polar surface area (TPSA) is 0 Å². The molecule has 104 valence electrons. The third-order valence-corrected chi connectivity index (χ3v) is 9.15. The molecule has 0 amide bonds. The fraction of sp³-hybridized carbons (Fsp3) is 0.769. The molecule has 1 aromatic rings. The lowest BCUT2D eigenvalue weighted by molar-refractivity contribution is 0.636. The molecule has 18 heavy (non-hydrogen) atoms. The summed E-state index contributed by atoms with van der Waals surface area (Å²) in [6.07, 6.45) is 2.52. The van der Waals surface area contributed by atoms with Crippen molar-refractivity contribution in [2.24, 2.45) is 11.8 Å². The second kappa shape index (κ2) is 9.01. The van der Waals surface area contributed by atoms with Crippen molar-refractivity contribution >= 4 is 58.4 Å². The van der Waals surface area contributed by atoms with Gasteiger partial charge in [0.1, 0.15) is 3.14 Å². The molecule has 0 aromatic carbocycles. The van der Waals surface area contributed by atoms with E-state index >= 15 is 0 Å². The molecule has 2 atom stereocenters. The molecule has 5 heteroatoms. The SMILES string of the molecule is CCC(C)CSc1sc(=S)sc1SCC(C)CC. The van der Waals surface area contributed by atoms with Crippen LogP contribution in [0.5, 0.6) is 0 Å². The van der Waals surface area contributed by atoms with E-state index in [9.17, 15) is 0 Å². The van der Waals surface area contributed by atoms with Crippen molar-refractivity contribution in [3.05, 3.63) is 3.14 Å². The summed E-state index contributed by atoms with van der Waals surface area (Å²) < 4.78 is 3.99. The van der Waals surface area contributed by atoms with Crippen LogP contribution in [-0.4, -0.2) is 11.5 Å². The summed E-state index contributed by atoms with van der Waals surface area (Å²) in [7, 11) is 0. The maximum atomic E-state index is 5.35. The Bertz CT molecular complexity index is 358. The Hall–Kier alpha value is 0.970. The minimum Gasteiger partial charge on any atom is -0.113 e. The van der Waals surface area contributed by atoms with Crippen LogP contribution in [0.4, 0.5) is 0 Å². The van der Waals surface area contributed by atoms with Gasteiger partial charge in [-0.25, -0.2) is 0 Å². The van der Waals surface area contributed by atoms with Crippen molar-refractivity contribution in [1.82, 2.24) is 0 Å². The molecule has 0 bridgehead atoms. The first kappa shape index (κ1) is 17.0. The van der Waals surface area contributed by atoms with Crippen LogP contribution in [0.15, 0.2) is 8.42 Å². The fourth-order valence-corrected chi connectivity index (χ4v) is 7.54. The molecule has 0 aliphatic rings. The molecule has 0 aliphatic heterocycles. The lowest BCUT2D eigenvalue weighted by atomic mass is 10.2. The second-order valence-electron chi connectivity index (χ2n) is 4.68. The number of rotatable bonds is 8. The molecule has 0 fully saturated rings. The van der Waals surface area contributed by atoms with Gasteiger partial charge < -0.3 is 0 Å². The molecule has 1 aromatic heterocycles. The van der Waals surface area contributed by atoms with Crippen molar-refractivity contribution < 1.29 is 0 Å². The van der Waals surface area contributed by atoms with Gasteiger partial charge in [0.2, 0.25) is 0 Å². The van der Waals surface area contributed by atoms with Gasteiger partial charge in [0, 0.05) is 11.5 Å². The van der Waals surface area contributed by atoms with Crippen molar-refractivity contribution in [1.29, 1.82) is 0 Å². The first-order chi connectivity index (χ1) is 8.56. The Morgan fingerprint density at radius 1 is 0.944 bits per heavy atom. The number of thioether (sulfide) groups is 2. The van der Waals surface area contributed by atoms with Crippen LogP contribution in [0, 0.1) is 15.0 Å². The summed E-state index contributed by atoms with van der Waals surface area (Å²) in [6, 6.07) is 0. The summed E-state index contributed by atoms with van der Waals surface area (Å²) in [5.74, 6) is 4.02. The van der Waals surface area contributed by atoms with E-state index in [1.807, 2.05) is 23.5 Å². The predicted octanol–water partition coefficient (Wildman–Crippen LogP) is 6.82. The van der Waals surface area contributed by atoms with Crippen LogP contribution in [-0.2, 0) is 0 Å². The molecule has 0 spiro atoms. The van der Waals surface area contributed by atoms with Gasteiger partial charge in [-0.2, -0.15) is 0 Å². The van der Waals surface area contributed by atoms with Crippen molar-refractivity contribution in [3.63, 3.8) is 0 Å². The average Bonchev–Trinajstić information content (AvgIpc) is 2.73. The van der Waals surface area contributed by atoms with E-state index in [4.69, 9.17) is 12.2 Å². The monoisotopic (exact) mass is 338 g/mol. The standard InChI is InChI=1S/C13H22S5/c1-5-9(3)7-15-11-12(18-13(14)17-11)16-8-10(4)6-2/h9-10H,5-8H2,1-4H3. The number of hydrogen-bond donors (Lipinski definition) is 0. The highest BCUT2D eigenvalue weighted by molar-refractivity contribution is 8.05. The van der Waals surface area contributed by atoms with Crippen LogP contribution in [0.2, 0.25) is 0 Å². The van der Waals surface area contributed by atoms with E-state index in [0.717, 1.165) is 15.0 Å². The first-order valence-electron chi connectivity index (χ1n) is 6.46. The molecule has 0 saturated heterocycles. The quantitative estimate of drug-likeness (QED) is 0.377. The Balaban J connectivity index is 2.58. The summed E-state index contributed by atoms with van der Waals surface area (Å²) >= 11 is 13.0. The average molecular weight is 339 g/mol. The molecule has 0 radical (unpaired) electrons. The highest BCUT2D eigenvalue weighted by Gasteiger charge is 2.11. The predicted molar refractivity (Wildman–Crippen MR) is 93.4 cm³/mol. The van der Waals surface area contributed by atoms with E-state index in [0.29, 0.717) is 0 Å². The van der Waals surface area contributed by atoms with Crippen molar-refractivity contribution in [2.75, 3.05) is 11.5 Å². The molecular weight excluding hydrogens is 316 g/mol. The molecule has 2 unspecified atom stereocenters. The zero-order valence-corrected chi connectivity index (χ0v) is 15.6. The third kappa shape index (κ3) is 5.95. The third-order valence-electron chi connectivity index (χ3n) is 2.91. The maximum Gasteiger partial charge on any atom is 0.145 e. The van der Waals surface area contributed by atoms with Gasteiger partial charge in [-0.1, -0.05) is 52.8 Å².